The van der Waals surface area contributed by atoms with Gasteiger partial charge in [-0.05, 0) is 0 Å². The summed E-state index contributed by atoms with van der Waals surface area (Å²) in [4.78, 5) is 0. The van der Waals surface area contributed by atoms with Crippen LogP contribution in [0, 0.1) is 0 Å². The molecule has 2 heterocycles. The van der Waals surface area contributed by atoms with Crippen LogP contribution in [0.4, 0.5) is 0 Å². The summed E-state index contributed by atoms with van der Waals surface area (Å²) < 4.78 is 17.4. The molecule has 19 heavy (non-hydrogen) atoms. The molecule has 0 amide bonds. The number of rotatable bonds is 2. The Hall–Kier alpha value is -1.32. The zero-order chi connectivity index (χ0) is 13.0. The third-order valence-corrected chi connectivity index (χ3v) is 5.60. The number of ether oxygens (including phenoxy) is 2. The van der Waals surface area contributed by atoms with E-state index in [1.807, 2.05) is 18.2 Å². The molecule has 2 aromatic rings. The van der Waals surface area contributed by atoms with E-state index in [0.29, 0.717) is 6.10 Å². The first-order valence-electron chi connectivity index (χ1n) is 6.46. The van der Waals surface area contributed by atoms with Crippen LogP contribution in [0.2, 0.25) is 0 Å². The Morgan fingerprint density at radius 2 is 2.21 bits per heavy atom. The Kier molecular flexibility index (Phi) is 2.32. The molecule has 98 valence electrons. The Morgan fingerprint density at radius 3 is 3.00 bits per heavy atom. The third-order valence-electron chi connectivity index (χ3n) is 3.44. The molecule has 0 bridgehead atoms. The van der Waals surface area contributed by atoms with Crippen LogP contribution in [-0.2, 0) is 5.60 Å². The predicted octanol–water partition coefficient (Wildman–Crippen LogP) is 2.37. The second-order valence-corrected chi connectivity index (χ2v) is 7.12. The molecule has 0 saturated heterocycles. The molecular formula is C14H14N2O2Se. The molecule has 0 N–H and O–H groups in total. The first-order valence-corrected chi connectivity index (χ1v) is 8.09. The van der Waals surface area contributed by atoms with Crippen molar-refractivity contribution in [3.8, 4) is 22.8 Å². The van der Waals surface area contributed by atoms with Crippen LogP contribution in [0.3, 0.4) is 0 Å². The number of hydrogen-bond donors (Lipinski definition) is 0. The molecule has 1 aliphatic carbocycles. The van der Waals surface area contributed by atoms with Gasteiger partial charge in [-0.15, -0.1) is 0 Å². The fourth-order valence-electron chi connectivity index (χ4n) is 2.32. The van der Waals surface area contributed by atoms with Crippen molar-refractivity contribution in [2.75, 3.05) is 0 Å². The van der Waals surface area contributed by atoms with Crippen LogP contribution >= 0.6 is 0 Å². The monoisotopic (exact) mass is 322 g/mol. The van der Waals surface area contributed by atoms with Gasteiger partial charge in [0.2, 0.25) is 0 Å². The molecule has 0 atom stereocenters. The molecule has 4 rings (SSSR count). The van der Waals surface area contributed by atoms with Crippen LogP contribution in [0.5, 0.6) is 11.5 Å². The molecule has 4 nitrogen and oxygen atoms in total. The molecule has 1 saturated carbocycles. The Morgan fingerprint density at radius 1 is 1.37 bits per heavy atom. The Balaban J connectivity index is 1.80. The molecule has 2 aliphatic rings. The van der Waals surface area contributed by atoms with Gasteiger partial charge in [-0.3, -0.25) is 0 Å². The summed E-state index contributed by atoms with van der Waals surface area (Å²) in [6.07, 6.45) is 2.73. The minimum absolute atomic E-state index is 0.0692. The first kappa shape index (κ1) is 11.5. The van der Waals surface area contributed by atoms with E-state index in [2.05, 4.69) is 23.0 Å². The number of fused-ring (bicyclic) bond motifs is 3. The van der Waals surface area contributed by atoms with Gasteiger partial charge in [0.15, 0.2) is 0 Å². The number of aromatic nitrogens is 2. The summed E-state index contributed by atoms with van der Waals surface area (Å²) in [6.45, 7) is 4.16. The molecule has 5 heteroatoms. The SMILES string of the molecule is CC1(C)Oc2cc(OC3CC3)ccc2-c2nn[se]c21. The van der Waals surface area contributed by atoms with Crippen molar-refractivity contribution >= 4 is 14.7 Å². The number of hydrogen-bond acceptors (Lipinski definition) is 4. The van der Waals surface area contributed by atoms with Crippen LogP contribution < -0.4 is 9.47 Å². The zero-order valence-corrected chi connectivity index (χ0v) is 12.6. The maximum absolute atomic E-state index is 6.13. The molecule has 0 spiro atoms. The molecule has 1 aromatic carbocycles. The molecular weight excluding hydrogens is 307 g/mol. The first-order chi connectivity index (χ1) is 9.13. The molecule has 0 radical (unpaired) electrons. The quantitative estimate of drug-likeness (QED) is 0.797. The predicted molar refractivity (Wildman–Crippen MR) is 71.7 cm³/mol. The maximum atomic E-state index is 6.13. The van der Waals surface area contributed by atoms with Gasteiger partial charge in [-0.1, -0.05) is 0 Å². The van der Waals surface area contributed by atoms with E-state index >= 15 is 0 Å². The second kappa shape index (κ2) is 3.84. The fraction of sp³-hybridized carbons (Fsp3) is 0.429. The van der Waals surface area contributed by atoms with Gasteiger partial charge in [-0.2, -0.15) is 0 Å². The molecule has 1 aromatic heterocycles. The fourth-order valence-corrected chi connectivity index (χ4v) is 3.79. The van der Waals surface area contributed by atoms with Gasteiger partial charge < -0.3 is 0 Å². The van der Waals surface area contributed by atoms with Crippen LogP contribution in [0.15, 0.2) is 18.2 Å². The van der Waals surface area contributed by atoms with Gasteiger partial charge in [-0.25, -0.2) is 0 Å². The summed E-state index contributed by atoms with van der Waals surface area (Å²) in [5.41, 5.74) is 1.73. The van der Waals surface area contributed by atoms with Gasteiger partial charge in [0, 0.05) is 0 Å². The van der Waals surface area contributed by atoms with Crippen LogP contribution in [0.1, 0.15) is 31.1 Å². The van der Waals surface area contributed by atoms with Crippen LogP contribution in [0.25, 0.3) is 11.3 Å². The summed E-state index contributed by atoms with van der Waals surface area (Å²) in [7, 11) is 0. The van der Waals surface area contributed by atoms with Gasteiger partial charge in [0.25, 0.3) is 0 Å². The molecule has 1 fully saturated rings. The van der Waals surface area contributed by atoms with Crippen molar-refractivity contribution in [1.82, 2.24) is 9.19 Å². The number of nitrogens with zero attached hydrogens (tertiary/aromatic N) is 2. The van der Waals surface area contributed by atoms with E-state index in [4.69, 9.17) is 9.47 Å². The van der Waals surface area contributed by atoms with E-state index in [1.54, 1.807) is 0 Å². The zero-order valence-electron chi connectivity index (χ0n) is 10.8. The van der Waals surface area contributed by atoms with Gasteiger partial charge in [0.1, 0.15) is 0 Å². The average molecular weight is 321 g/mol. The topological polar surface area (TPSA) is 44.2 Å². The molecule has 0 unspecified atom stereocenters. The summed E-state index contributed by atoms with van der Waals surface area (Å²) in [6, 6.07) is 6.03. The third kappa shape index (κ3) is 1.88. The van der Waals surface area contributed by atoms with E-state index < -0.39 is 0 Å². The molecule has 1 aliphatic heterocycles. The van der Waals surface area contributed by atoms with Crippen molar-refractivity contribution in [2.45, 2.75) is 38.4 Å². The normalized spacial score (nSPS) is 19.3. The van der Waals surface area contributed by atoms with Crippen molar-refractivity contribution in [3.63, 3.8) is 0 Å². The van der Waals surface area contributed by atoms with Gasteiger partial charge >= 0.3 is 117 Å². The Labute approximate surface area is 117 Å². The van der Waals surface area contributed by atoms with E-state index in [0.717, 1.165) is 35.6 Å². The average Bonchev–Trinajstić information content (AvgIpc) is 3.02. The van der Waals surface area contributed by atoms with E-state index in [1.165, 1.54) is 4.44 Å². The summed E-state index contributed by atoms with van der Waals surface area (Å²) in [5, 5.41) is 4.31. The van der Waals surface area contributed by atoms with Crippen molar-refractivity contribution in [2.24, 2.45) is 0 Å². The van der Waals surface area contributed by atoms with Crippen molar-refractivity contribution in [3.05, 3.63) is 22.6 Å². The van der Waals surface area contributed by atoms with Gasteiger partial charge in [0.05, 0.1) is 0 Å². The standard InChI is InChI=1S/C14H14N2O2Se/c1-14(2)13-12(15-16-19-13)10-6-5-9(7-11(10)18-14)17-8-3-4-8/h5-8H,3-4H2,1-2H3. The summed E-state index contributed by atoms with van der Waals surface area (Å²) in [5.74, 6) is 1.75. The number of benzene rings is 1. The van der Waals surface area contributed by atoms with Crippen molar-refractivity contribution in [1.29, 1.82) is 0 Å². The minimum atomic E-state index is -0.315. The van der Waals surface area contributed by atoms with Crippen molar-refractivity contribution < 1.29 is 9.47 Å². The second-order valence-electron chi connectivity index (χ2n) is 5.54. The van der Waals surface area contributed by atoms with E-state index in [-0.39, 0.29) is 20.3 Å². The van der Waals surface area contributed by atoms with Crippen LogP contribution in [-0.4, -0.2) is 30.0 Å². The van der Waals surface area contributed by atoms with E-state index in [9.17, 15) is 0 Å². The summed E-state index contributed by atoms with van der Waals surface area (Å²) >= 11 is 0.0692. The Bertz CT molecular complexity index is 647.